The van der Waals surface area contributed by atoms with Gasteiger partial charge in [-0.2, -0.15) is 0 Å². The van der Waals surface area contributed by atoms with E-state index >= 15 is 0 Å². The third-order valence-electron chi connectivity index (χ3n) is 2.26. The summed E-state index contributed by atoms with van der Waals surface area (Å²) in [4.78, 5) is 5.66. The summed E-state index contributed by atoms with van der Waals surface area (Å²) in [5.74, 6) is 0. The van der Waals surface area contributed by atoms with E-state index in [1.165, 1.54) is 15.4 Å². The van der Waals surface area contributed by atoms with Gasteiger partial charge in [-0.1, -0.05) is 0 Å². The fourth-order valence-corrected chi connectivity index (χ4v) is 2.35. The maximum absolute atomic E-state index is 4.41. The zero-order valence-corrected chi connectivity index (χ0v) is 9.84. The molecule has 15 heavy (non-hydrogen) atoms. The molecule has 80 valence electrons. The molecule has 0 aliphatic heterocycles. The first-order valence-electron chi connectivity index (χ1n) is 5.01. The van der Waals surface area contributed by atoms with Gasteiger partial charge < -0.3 is 9.88 Å². The van der Waals surface area contributed by atoms with Crippen LogP contribution >= 0.6 is 11.3 Å². The average molecular weight is 221 g/mol. The van der Waals surface area contributed by atoms with E-state index in [1.807, 2.05) is 20.3 Å². The Hall–Kier alpha value is -1.13. The van der Waals surface area contributed by atoms with Crippen LogP contribution in [0.4, 0.5) is 0 Å². The highest BCUT2D eigenvalue weighted by Gasteiger charge is 2.04. The molecule has 0 aromatic carbocycles. The van der Waals surface area contributed by atoms with Crippen molar-refractivity contribution in [2.75, 3.05) is 13.6 Å². The highest BCUT2D eigenvalue weighted by atomic mass is 32.1. The first kappa shape index (κ1) is 10.4. The van der Waals surface area contributed by atoms with Gasteiger partial charge in [0, 0.05) is 44.2 Å². The maximum Gasteiger partial charge on any atom is 0.0943 e. The van der Waals surface area contributed by atoms with Crippen molar-refractivity contribution in [1.29, 1.82) is 0 Å². The highest BCUT2D eigenvalue weighted by molar-refractivity contribution is 7.15. The molecular formula is C11H15N3S. The van der Waals surface area contributed by atoms with Crippen molar-refractivity contribution in [2.24, 2.45) is 7.05 Å². The average Bonchev–Trinajstić information content (AvgIpc) is 2.83. The van der Waals surface area contributed by atoms with Crippen LogP contribution in [-0.2, 0) is 13.5 Å². The van der Waals surface area contributed by atoms with Crippen LogP contribution < -0.4 is 5.32 Å². The maximum atomic E-state index is 4.41. The number of aromatic nitrogens is 2. The fraction of sp³-hybridized carbons (Fsp3) is 0.364. The summed E-state index contributed by atoms with van der Waals surface area (Å²) in [7, 11) is 4.00. The lowest BCUT2D eigenvalue weighted by molar-refractivity contribution is 0.787. The van der Waals surface area contributed by atoms with Crippen LogP contribution in [0.3, 0.4) is 0 Å². The molecule has 0 amide bonds. The van der Waals surface area contributed by atoms with Crippen molar-refractivity contribution < 1.29 is 0 Å². The molecule has 0 spiro atoms. The summed E-state index contributed by atoms with van der Waals surface area (Å²) in [6.45, 7) is 0.988. The lowest BCUT2D eigenvalue weighted by atomic mass is 10.3. The number of hydrogen-bond acceptors (Lipinski definition) is 3. The first-order valence-corrected chi connectivity index (χ1v) is 5.83. The SMILES string of the molecule is CNCCc1ncc(-c2ccn(C)c2)s1. The first-order chi connectivity index (χ1) is 7.29. The molecule has 0 saturated carbocycles. The number of likely N-dealkylation sites (N-methyl/N-ethyl adjacent to an activating group) is 1. The Labute approximate surface area is 93.8 Å². The molecule has 3 nitrogen and oxygen atoms in total. The van der Waals surface area contributed by atoms with E-state index in [0.717, 1.165) is 13.0 Å². The van der Waals surface area contributed by atoms with Crippen LogP contribution in [0.2, 0.25) is 0 Å². The van der Waals surface area contributed by atoms with E-state index < -0.39 is 0 Å². The molecule has 2 aromatic rings. The molecule has 1 N–H and O–H groups in total. The zero-order chi connectivity index (χ0) is 10.7. The van der Waals surface area contributed by atoms with Crippen molar-refractivity contribution in [3.8, 4) is 10.4 Å². The molecule has 0 bridgehead atoms. The molecule has 0 atom stereocenters. The van der Waals surface area contributed by atoms with Gasteiger partial charge in [0.1, 0.15) is 0 Å². The zero-order valence-electron chi connectivity index (χ0n) is 9.03. The van der Waals surface area contributed by atoms with Gasteiger partial charge in [0.05, 0.1) is 9.88 Å². The number of aryl methyl sites for hydroxylation is 1. The molecule has 0 saturated heterocycles. The van der Waals surface area contributed by atoms with E-state index in [0.29, 0.717) is 0 Å². The Morgan fingerprint density at radius 1 is 1.53 bits per heavy atom. The molecule has 2 rings (SSSR count). The third-order valence-corrected chi connectivity index (χ3v) is 3.37. The highest BCUT2D eigenvalue weighted by Crippen LogP contribution is 2.26. The van der Waals surface area contributed by atoms with Crippen LogP contribution in [-0.4, -0.2) is 23.1 Å². The van der Waals surface area contributed by atoms with Crippen molar-refractivity contribution in [3.05, 3.63) is 29.7 Å². The molecule has 0 radical (unpaired) electrons. The predicted molar refractivity (Wildman–Crippen MR) is 64.2 cm³/mol. The van der Waals surface area contributed by atoms with Crippen LogP contribution in [0.25, 0.3) is 10.4 Å². The van der Waals surface area contributed by atoms with Crippen molar-refractivity contribution in [3.63, 3.8) is 0 Å². The monoisotopic (exact) mass is 221 g/mol. The minimum Gasteiger partial charge on any atom is -0.357 e. The van der Waals surface area contributed by atoms with Crippen molar-refractivity contribution in [2.45, 2.75) is 6.42 Å². The standard InChI is InChI=1S/C11H15N3S/c1-12-5-3-11-13-7-10(15-11)9-4-6-14(2)8-9/h4,6-8,12H,3,5H2,1-2H3. The van der Waals surface area contributed by atoms with E-state index in [-0.39, 0.29) is 0 Å². The van der Waals surface area contributed by atoms with Crippen LogP contribution in [0.1, 0.15) is 5.01 Å². The summed E-state index contributed by atoms with van der Waals surface area (Å²) in [6.07, 6.45) is 7.15. The summed E-state index contributed by atoms with van der Waals surface area (Å²) < 4.78 is 2.06. The molecule has 4 heteroatoms. The topological polar surface area (TPSA) is 29.9 Å². The Bertz CT molecular complexity index is 430. The summed E-state index contributed by atoms with van der Waals surface area (Å²) in [5, 5.41) is 4.33. The van der Waals surface area contributed by atoms with Crippen LogP contribution in [0.15, 0.2) is 24.7 Å². The van der Waals surface area contributed by atoms with E-state index in [4.69, 9.17) is 0 Å². The second kappa shape index (κ2) is 4.59. The molecule has 0 unspecified atom stereocenters. The number of thiazole rings is 1. The molecule has 2 aromatic heterocycles. The van der Waals surface area contributed by atoms with E-state index in [2.05, 4.69) is 33.3 Å². The Kier molecular flexibility index (Phi) is 3.18. The smallest absolute Gasteiger partial charge is 0.0943 e. The summed E-state index contributed by atoms with van der Waals surface area (Å²) >= 11 is 1.77. The molecule has 0 fully saturated rings. The van der Waals surface area contributed by atoms with Gasteiger partial charge in [-0.15, -0.1) is 11.3 Å². The van der Waals surface area contributed by atoms with Gasteiger partial charge in [-0.25, -0.2) is 4.98 Å². The lowest BCUT2D eigenvalue weighted by Gasteiger charge is -1.93. The molecule has 0 aliphatic rings. The number of nitrogens with zero attached hydrogens (tertiary/aromatic N) is 2. The summed E-state index contributed by atoms with van der Waals surface area (Å²) in [6, 6.07) is 2.12. The van der Waals surface area contributed by atoms with Gasteiger partial charge in [0.2, 0.25) is 0 Å². The van der Waals surface area contributed by atoms with Gasteiger partial charge in [-0.05, 0) is 13.1 Å². The quantitative estimate of drug-likeness (QED) is 0.854. The van der Waals surface area contributed by atoms with Gasteiger partial charge >= 0.3 is 0 Å². The van der Waals surface area contributed by atoms with Gasteiger partial charge in [-0.3, -0.25) is 0 Å². The molecule has 0 aliphatic carbocycles. The Morgan fingerprint density at radius 2 is 2.40 bits per heavy atom. The second-order valence-electron chi connectivity index (χ2n) is 3.54. The van der Waals surface area contributed by atoms with Crippen molar-refractivity contribution >= 4 is 11.3 Å². The second-order valence-corrected chi connectivity index (χ2v) is 4.65. The van der Waals surface area contributed by atoms with E-state index in [1.54, 1.807) is 11.3 Å². The van der Waals surface area contributed by atoms with Crippen LogP contribution in [0, 0.1) is 0 Å². The number of rotatable bonds is 4. The Balaban J connectivity index is 2.13. The summed E-state index contributed by atoms with van der Waals surface area (Å²) in [5.41, 5.74) is 1.26. The Morgan fingerprint density at radius 3 is 3.07 bits per heavy atom. The minimum absolute atomic E-state index is 0.988. The minimum atomic E-state index is 0.988. The van der Waals surface area contributed by atoms with Gasteiger partial charge in [0.15, 0.2) is 0 Å². The fourth-order valence-electron chi connectivity index (χ4n) is 1.44. The normalized spacial score (nSPS) is 10.8. The van der Waals surface area contributed by atoms with Gasteiger partial charge in [0.25, 0.3) is 0 Å². The number of hydrogen-bond donors (Lipinski definition) is 1. The number of nitrogens with one attached hydrogen (secondary N) is 1. The lowest BCUT2D eigenvalue weighted by Crippen LogP contribution is -2.09. The molecular weight excluding hydrogens is 206 g/mol. The molecule has 2 heterocycles. The van der Waals surface area contributed by atoms with E-state index in [9.17, 15) is 0 Å². The van der Waals surface area contributed by atoms with Crippen LogP contribution in [0.5, 0.6) is 0 Å². The third kappa shape index (κ3) is 2.46. The largest absolute Gasteiger partial charge is 0.357 e. The predicted octanol–water partition coefficient (Wildman–Crippen LogP) is 1.91. The van der Waals surface area contributed by atoms with Crippen molar-refractivity contribution in [1.82, 2.24) is 14.9 Å².